The second-order valence-corrected chi connectivity index (χ2v) is 16.6. The number of amides is 2. The predicted molar refractivity (Wildman–Crippen MR) is 202 cm³/mol. The molecule has 13 nitrogen and oxygen atoms in total. The molecule has 1 N–H and O–H groups in total. The van der Waals surface area contributed by atoms with E-state index in [-0.39, 0.29) is 17.7 Å². The summed E-state index contributed by atoms with van der Waals surface area (Å²) in [6, 6.07) is 11.5. The lowest BCUT2D eigenvalue weighted by molar-refractivity contribution is -0.120. The Morgan fingerprint density at radius 2 is 1.60 bits per heavy atom. The Morgan fingerprint density at radius 1 is 0.925 bits per heavy atom. The van der Waals surface area contributed by atoms with Gasteiger partial charge in [0.1, 0.15) is 28.7 Å². The summed E-state index contributed by atoms with van der Waals surface area (Å²) in [6.45, 7) is 21.5. The molecule has 2 aliphatic heterocycles. The van der Waals surface area contributed by atoms with Crippen LogP contribution in [0.3, 0.4) is 0 Å². The first-order valence-electron chi connectivity index (χ1n) is 18.3. The molecule has 2 amide bonds. The standard InChI is InChI=1S/C40H49N7O6/c1-22(2)31-41-32(24(4)34(43-31)45-15-17-51-18-16-45)42-33-26-13-12-25(20-30(26)47(44-33)37(50)53-39(8,9)10)28-21-40(28)27-19-23(3)11-14-29(27)46(35(40)48)36(49)52-38(5,6)7/h11-14,19-20,22,28H,15-18,21H2,1-10H3,(H,41,42,43,44)/t28-,40-/m0/s1. The number of nitrogens with one attached hydrogen (secondary N) is 1. The predicted octanol–water partition coefficient (Wildman–Crippen LogP) is 7.64. The van der Waals surface area contributed by atoms with Crippen molar-refractivity contribution in [1.29, 1.82) is 0 Å². The molecule has 4 heterocycles. The summed E-state index contributed by atoms with van der Waals surface area (Å²) >= 11 is 0. The number of carbonyl (C=O) groups excluding carboxylic acids is 3. The Hall–Kier alpha value is -5.04. The summed E-state index contributed by atoms with van der Waals surface area (Å²) in [5.74, 6) is 2.06. The van der Waals surface area contributed by atoms with Crippen LogP contribution < -0.4 is 15.1 Å². The summed E-state index contributed by atoms with van der Waals surface area (Å²) in [5, 5.41) is 8.89. The summed E-state index contributed by atoms with van der Waals surface area (Å²) in [6.07, 6.45) is -0.827. The first-order chi connectivity index (χ1) is 24.9. The largest absolute Gasteiger partial charge is 0.443 e. The van der Waals surface area contributed by atoms with Crippen LogP contribution in [0.2, 0.25) is 0 Å². The van der Waals surface area contributed by atoms with Gasteiger partial charge in [-0.2, -0.15) is 4.68 Å². The van der Waals surface area contributed by atoms with E-state index in [1.54, 1.807) is 20.8 Å². The van der Waals surface area contributed by atoms with E-state index in [2.05, 4.69) is 24.1 Å². The van der Waals surface area contributed by atoms with Gasteiger partial charge >= 0.3 is 12.2 Å². The van der Waals surface area contributed by atoms with Gasteiger partial charge < -0.3 is 24.4 Å². The van der Waals surface area contributed by atoms with Gasteiger partial charge in [0.15, 0.2) is 5.82 Å². The van der Waals surface area contributed by atoms with E-state index >= 15 is 0 Å². The Bertz CT molecular complexity index is 2140. The van der Waals surface area contributed by atoms with Gasteiger partial charge in [0.25, 0.3) is 0 Å². The van der Waals surface area contributed by atoms with Crippen LogP contribution in [0.5, 0.6) is 0 Å². The minimum Gasteiger partial charge on any atom is -0.443 e. The minimum absolute atomic E-state index is 0.0684. The van der Waals surface area contributed by atoms with Gasteiger partial charge in [0.05, 0.1) is 29.8 Å². The highest BCUT2D eigenvalue weighted by atomic mass is 16.6. The lowest BCUT2D eigenvalue weighted by Gasteiger charge is -2.30. The van der Waals surface area contributed by atoms with E-state index in [9.17, 15) is 14.4 Å². The highest BCUT2D eigenvalue weighted by molar-refractivity contribution is 6.23. The smallest absolute Gasteiger partial charge is 0.435 e. The van der Waals surface area contributed by atoms with E-state index < -0.39 is 28.8 Å². The van der Waals surface area contributed by atoms with Crippen LogP contribution in [0.1, 0.15) is 102 Å². The van der Waals surface area contributed by atoms with Crippen LogP contribution in [0, 0.1) is 13.8 Å². The SMILES string of the molecule is Cc1ccc2c(c1)[C@]1(C[C@H]1c1ccc3c(Nc4nc(C(C)C)nc(N5CCOCC5)c4C)nn(C(=O)OC(C)(C)C)c3c1)C(=O)N2C(=O)OC(C)(C)C. The van der Waals surface area contributed by atoms with E-state index in [4.69, 9.17) is 29.3 Å². The topological polar surface area (TPSA) is 141 Å². The van der Waals surface area contributed by atoms with Crippen LogP contribution in [0.25, 0.3) is 10.9 Å². The number of ether oxygens (including phenoxy) is 3. The number of fused-ring (bicyclic) bond motifs is 3. The van der Waals surface area contributed by atoms with Gasteiger partial charge in [-0.25, -0.2) is 24.5 Å². The molecule has 1 saturated heterocycles. The quantitative estimate of drug-likeness (QED) is 0.217. The molecule has 0 unspecified atom stereocenters. The highest BCUT2D eigenvalue weighted by Gasteiger charge is 2.68. The second-order valence-electron chi connectivity index (χ2n) is 16.6. The monoisotopic (exact) mass is 723 g/mol. The average molecular weight is 724 g/mol. The van der Waals surface area contributed by atoms with Crippen LogP contribution in [-0.2, 0) is 24.4 Å². The lowest BCUT2D eigenvalue weighted by atomic mass is 9.91. The number of rotatable bonds is 5. The van der Waals surface area contributed by atoms with Gasteiger partial charge in [0, 0.05) is 35.9 Å². The number of imide groups is 1. The van der Waals surface area contributed by atoms with E-state index in [1.807, 2.05) is 71.0 Å². The molecule has 1 spiro atoms. The van der Waals surface area contributed by atoms with Crippen LogP contribution >= 0.6 is 0 Å². The normalized spacial score (nSPS) is 20.0. The summed E-state index contributed by atoms with van der Waals surface area (Å²) in [4.78, 5) is 54.7. The van der Waals surface area contributed by atoms with E-state index in [0.717, 1.165) is 41.2 Å². The second kappa shape index (κ2) is 12.8. The van der Waals surface area contributed by atoms with Gasteiger partial charge in [-0.3, -0.25) is 4.79 Å². The minimum atomic E-state index is -0.939. The Balaban J connectivity index is 1.30. The van der Waals surface area contributed by atoms with Crippen molar-refractivity contribution in [3.05, 3.63) is 64.5 Å². The third kappa shape index (κ3) is 6.60. The molecule has 4 aromatic rings. The molecule has 53 heavy (non-hydrogen) atoms. The molecule has 2 atom stereocenters. The Morgan fingerprint density at radius 3 is 2.26 bits per heavy atom. The molecule has 7 rings (SSSR count). The Labute approximate surface area is 310 Å². The number of carbonyl (C=O) groups is 3. The number of benzene rings is 2. The molecule has 3 aliphatic rings. The molecular weight excluding hydrogens is 674 g/mol. The average Bonchev–Trinajstić information content (AvgIpc) is 3.66. The van der Waals surface area contributed by atoms with Gasteiger partial charge in [-0.15, -0.1) is 5.10 Å². The van der Waals surface area contributed by atoms with Crippen molar-refractivity contribution in [2.45, 2.75) is 104 Å². The number of hydrogen-bond acceptors (Lipinski definition) is 11. The maximum absolute atomic E-state index is 14.3. The van der Waals surface area contributed by atoms with E-state index in [0.29, 0.717) is 53.7 Å². The first-order valence-corrected chi connectivity index (χ1v) is 18.3. The number of morpholine rings is 1. The van der Waals surface area contributed by atoms with Crippen LogP contribution in [0.15, 0.2) is 36.4 Å². The van der Waals surface area contributed by atoms with Gasteiger partial charge in [0.2, 0.25) is 5.91 Å². The lowest BCUT2D eigenvalue weighted by Crippen LogP contribution is -2.41. The number of nitrogens with zero attached hydrogens (tertiary/aromatic N) is 6. The molecular formula is C40H49N7O6. The van der Waals surface area contributed by atoms with Crippen molar-refractivity contribution >= 4 is 52.1 Å². The van der Waals surface area contributed by atoms with Crippen molar-refractivity contribution < 1.29 is 28.6 Å². The maximum Gasteiger partial charge on any atom is 0.435 e. The third-order valence-electron chi connectivity index (χ3n) is 9.87. The molecule has 2 aromatic heterocycles. The van der Waals surface area contributed by atoms with Gasteiger partial charge in [-0.1, -0.05) is 37.6 Å². The third-order valence-corrected chi connectivity index (χ3v) is 9.87. The number of aromatic nitrogens is 4. The Kier molecular flexibility index (Phi) is 8.79. The van der Waals surface area contributed by atoms with E-state index in [1.165, 1.54) is 9.58 Å². The molecule has 0 bridgehead atoms. The number of aryl methyl sites for hydroxylation is 1. The highest BCUT2D eigenvalue weighted by Crippen LogP contribution is 2.66. The van der Waals surface area contributed by atoms with Crippen molar-refractivity contribution in [2.75, 3.05) is 41.4 Å². The molecule has 1 aliphatic carbocycles. The van der Waals surface area contributed by atoms with Crippen molar-refractivity contribution in [1.82, 2.24) is 19.7 Å². The fourth-order valence-electron chi connectivity index (χ4n) is 7.30. The van der Waals surface area contributed by atoms with Crippen LogP contribution in [0.4, 0.5) is 32.7 Å². The fourth-order valence-corrected chi connectivity index (χ4v) is 7.30. The molecule has 13 heteroatoms. The molecule has 280 valence electrons. The number of anilines is 4. The van der Waals surface area contributed by atoms with Crippen molar-refractivity contribution in [2.24, 2.45) is 0 Å². The summed E-state index contributed by atoms with van der Waals surface area (Å²) in [7, 11) is 0. The molecule has 2 aromatic carbocycles. The zero-order valence-electron chi connectivity index (χ0n) is 32.3. The fraction of sp³-hybridized carbons (Fsp3) is 0.500. The molecule has 0 radical (unpaired) electrons. The first kappa shape index (κ1) is 36.3. The molecule has 1 saturated carbocycles. The zero-order chi connectivity index (χ0) is 38.2. The zero-order valence-corrected chi connectivity index (χ0v) is 32.3. The van der Waals surface area contributed by atoms with Crippen molar-refractivity contribution in [3.63, 3.8) is 0 Å². The van der Waals surface area contributed by atoms with Crippen molar-refractivity contribution in [3.8, 4) is 0 Å². The summed E-state index contributed by atoms with van der Waals surface area (Å²) in [5.41, 5.74) is 2.06. The van der Waals surface area contributed by atoms with Crippen LogP contribution in [-0.4, -0.2) is 75.3 Å². The maximum atomic E-state index is 14.3. The van der Waals surface area contributed by atoms with Gasteiger partial charge in [-0.05, 0) is 91.1 Å². The number of hydrogen-bond donors (Lipinski definition) is 1. The summed E-state index contributed by atoms with van der Waals surface area (Å²) < 4.78 is 18.4. The molecule has 2 fully saturated rings.